The highest BCUT2D eigenvalue weighted by Gasteiger charge is 2.09. The summed E-state index contributed by atoms with van der Waals surface area (Å²) >= 11 is 1.34. The van der Waals surface area contributed by atoms with Crippen molar-refractivity contribution in [3.05, 3.63) is 76.6 Å². The molecule has 1 N–H and O–H groups in total. The van der Waals surface area contributed by atoms with E-state index in [-0.39, 0.29) is 11.1 Å². The molecule has 1 heterocycles. The fourth-order valence-electron chi connectivity index (χ4n) is 2.00. The third-order valence-electron chi connectivity index (χ3n) is 3.05. The minimum Gasteiger partial charge on any atom is -0.478 e. The van der Waals surface area contributed by atoms with E-state index in [1.807, 2.05) is 30.3 Å². The lowest BCUT2D eigenvalue weighted by atomic mass is 10.1. The molecule has 0 spiro atoms. The second-order valence-electron chi connectivity index (χ2n) is 4.45. The van der Waals surface area contributed by atoms with E-state index in [2.05, 4.69) is 0 Å². The van der Waals surface area contributed by atoms with Gasteiger partial charge in [0, 0.05) is 6.07 Å². The summed E-state index contributed by atoms with van der Waals surface area (Å²) in [5, 5.41) is 8.89. The van der Waals surface area contributed by atoms with Gasteiger partial charge in [-0.2, -0.15) is 0 Å². The minimum atomic E-state index is -0.961. The quantitative estimate of drug-likeness (QED) is 0.807. The van der Waals surface area contributed by atoms with Gasteiger partial charge < -0.3 is 5.11 Å². The number of benzene rings is 2. The predicted octanol–water partition coefficient (Wildman–Crippen LogP) is 3.26. The molecule has 0 atom stereocenters. The maximum Gasteiger partial charge on any atom is 0.335 e. The molecule has 3 rings (SSSR count). The molecule has 0 aliphatic rings. The van der Waals surface area contributed by atoms with Crippen molar-refractivity contribution in [1.29, 1.82) is 0 Å². The molecule has 21 heavy (non-hydrogen) atoms. The molecule has 0 aliphatic heterocycles. The van der Waals surface area contributed by atoms with E-state index in [1.54, 1.807) is 22.2 Å². The highest BCUT2D eigenvalue weighted by molar-refractivity contribution is 7.10. The molecule has 0 saturated heterocycles. The SMILES string of the molecule is O=C(O)c1ccc(-c2cc(=O)n(-c3ccccc3)s2)cc1. The van der Waals surface area contributed by atoms with E-state index < -0.39 is 5.97 Å². The van der Waals surface area contributed by atoms with Crippen molar-refractivity contribution in [1.82, 2.24) is 3.96 Å². The van der Waals surface area contributed by atoms with Crippen LogP contribution in [0.2, 0.25) is 0 Å². The molecule has 0 unspecified atom stereocenters. The first kappa shape index (κ1) is 13.3. The molecular weight excluding hydrogens is 286 g/mol. The van der Waals surface area contributed by atoms with E-state index in [9.17, 15) is 9.59 Å². The van der Waals surface area contributed by atoms with Gasteiger partial charge in [0.1, 0.15) is 0 Å². The number of aromatic nitrogens is 1. The molecule has 4 nitrogen and oxygen atoms in total. The summed E-state index contributed by atoms with van der Waals surface area (Å²) in [7, 11) is 0. The molecule has 3 aromatic rings. The Labute approximate surface area is 124 Å². The number of para-hydroxylation sites is 1. The largest absolute Gasteiger partial charge is 0.478 e. The van der Waals surface area contributed by atoms with Crippen molar-refractivity contribution < 1.29 is 9.90 Å². The molecule has 0 aliphatic carbocycles. The van der Waals surface area contributed by atoms with Crippen LogP contribution in [0.4, 0.5) is 0 Å². The second-order valence-corrected chi connectivity index (χ2v) is 5.44. The number of carboxylic acid groups (broad SMARTS) is 1. The summed E-state index contributed by atoms with van der Waals surface area (Å²) in [6, 6.07) is 17.5. The summed E-state index contributed by atoms with van der Waals surface area (Å²) in [4.78, 5) is 23.7. The van der Waals surface area contributed by atoms with E-state index in [0.29, 0.717) is 0 Å². The van der Waals surface area contributed by atoms with Gasteiger partial charge in [-0.05, 0) is 29.8 Å². The number of rotatable bonds is 3. The third-order valence-corrected chi connectivity index (χ3v) is 4.18. The van der Waals surface area contributed by atoms with Crippen molar-refractivity contribution in [2.75, 3.05) is 0 Å². The Kier molecular flexibility index (Phi) is 3.41. The van der Waals surface area contributed by atoms with Gasteiger partial charge in [-0.25, -0.2) is 8.75 Å². The lowest BCUT2D eigenvalue weighted by Crippen LogP contribution is -2.08. The number of carbonyl (C=O) groups is 1. The van der Waals surface area contributed by atoms with E-state index in [1.165, 1.54) is 23.7 Å². The molecular formula is C16H11NO3S. The zero-order valence-corrected chi connectivity index (χ0v) is 11.7. The summed E-state index contributed by atoms with van der Waals surface area (Å²) in [6.45, 7) is 0. The average Bonchev–Trinajstić information content (AvgIpc) is 2.90. The van der Waals surface area contributed by atoms with Crippen LogP contribution in [0, 0.1) is 0 Å². The molecule has 0 saturated carbocycles. The predicted molar refractivity (Wildman–Crippen MR) is 82.3 cm³/mol. The fourth-order valence-corrected chi connectivity index (χ4v) is 2.96. The first-order valence-corrected chi connectivity index (χ1v) is 7.05. The van der Waals surface area contributed by atoms with Gasteiger partial charge in [-0.15, -0.1) is 0 Å². The number of hydrogen-bond donors (Lipinski definition) is 1. The molecule has 0 fully saturated rings. The number of nitrogens with zero attached hydrogens (tertiary/aromatic N) is 1. The van der Waals surface area contributed by atoms with E-state index in [0.717, 1.165) is 16.1 Å². The van der Waals surface area contributed by atoms with Crippen LogP contribution in [0.3, 0.4) is 0 Å². The number of aromatic carboxylic acids is 1. The van der Waals surface area contributed by atoms with Crippen LogP contribution < -0.4 is 5.56 Å². The Morgan fingerprint density at radius 1 is 1.00 bits per heavy atom. The Morgan fingerprint density at radius 2 is 1.67 bits per heavy atom. The number of carboxylic acids is 1. The number of hydrogen-bond acceptors (Lipinski definition) is 3. The highest BCUT2D eigenvalue weighted by Crippen LogP contribution is 2.24. The van der Waals surface area contributed by atoms with Crippen LogP contribution in [-0.4, -0.2) is 15.0 Å². The summed E-state index contributed by atoms with van der Waals surface area (Å²) in [5.74, 6) is -0.961. The van der Waals surface area contributed by atoms with Crippen LogP contribution >= 0.6 is 11.5 Å². The smallest absolute Gasteiger partial charge is 0.335 e. The second kappa shape index (κ2) is 5.38. The van der Waals surface area contributed by atoms with Crippen molar-refractivity contribution in [2.24, 2.45) is 0 Å². The summed E-state index contributed by atoms with van der Waals surface area (Å²) < 4.78 is 1.61. The Morgan fingerprint density at radius 3 is 2.29 bits per heavy atom. The van der Waals surface area contributed by atoms with Crippen molar-refractivity contribution in [3.8, 4) is 16.1 Å². The normalized spacial score (nSPS) is 10.5. The summed E-state index contributed by atoms with van der Waals surface area (Å²) in [5.41, 5.74) is 1.79. The van der Waals surface area contributed by atoms with Gasteiger partial charge in [-0.1, -0.05) is 41.9 Å². The molecule has 0 bridgehead atoms. The maximum absolute atomic E-state index is 12.1. The average molecular weight is 297 g/mol. The lowest BCUT2D eigenvalue weighted by Gasteiger charge is -2.00. The Balaban J connectivity index is 2.01. The maximum atomic E-state index is 12.1. The Hall–Kier alpha value is -2.66. The van der Waals surface area contributed by atoms with E-state index >= 15 is 0 Å². The molecule has 0 amide bonds. The zero-order valence-electron chi connectivity index (χ0n) is 10.9. The van der Waals surface area contributed by atoms with Gasteiger partial charge in [0.2, 0.25) is 0 Å². The van der Waals surface area contributed by atoms with Crippen LogP contribution in [-0.2, 0) is 0 Å². The van der Waals surface area contributed by atoms with Crippen LogP contribution in [0.5, 0.6) is 0 Å². The van der Waals surface area contributed by atoms with Gasteiger partial charge in [0.05, 0.1) is 16.1 Å². The van der Waals surface area contributed by atoms with Crippen molar-refractivity contribution in [3.63, 3.8) is 0 Å². The zero-order chi connectivity index (χ0) is 14.8. The molecule has 104 valence electrons. The first-order chi connectivity index (χ1) is 10.1. The van der Waals surface area contributed by atoms with Gasteiger partial charge >= 0.3 is 5.97 Å². The monoisotopic (exact) mass is 297 g/mol. The van der Waals surface area contributed by atoms with Crippen LogP contribution in [0.25, 0.3) is 16.1 Å². The molecule has 5 heteroatoms. The Bertz CT molecular complexity index is 832. The fraction of sp³-hybridized carbons (Fsp3) is 0. The topological polar surface area (TPSA) is 59.3 Å². The van der Waals surface area contributed by atoms with Gasteiger partial charge in [-0.3, -0.25) is 4.79 Å². The third kappa shape index (κ3) is 2.64. The standard InChI is InChI=1S/C16H11NO3S/c18-15-10-14(11-6-8-12(9-7-11)16(19)20)21-17(15)13-4-2-1-3-5-13/h1-10H,(H,19,20). The van der Waals surface area contributed by atoms with E-state index in [4.69, 9.17) is 5.11 Å². The highest BCUT2D eigenvalue weighted by atomic mass is 32.1. The van der Waals surface area contributed by atoms with Crippen molar-refractivity contribution in [2.45, 2.75) is 0 Å². The van der Waals surface area contributed by atoms with Crippen LogP contribution in [0.15, 0.2) is 65.5 Å². The lowest BCUT2D eigenvalue weighted by molar-refractivity contribution is 0.0697. The van der Waals surface area contributed by atoms with Gasteiger partial charge in [0.15, 0.2) is 0 Å². The van der Waals surface area contributed by atoms with Crippen LogP contribution in [0.1, 0.15) is 10.4 Å². The first-order valence-electron chi connectivity index (χ1n) is 6.28. The minimum absolute atomic E-state index is 0.0940. The molecule has 0 radical (unpaired) electrons. The van der Waals surface area contributed by atoms with Crippen molar-refractivity contribution >= 4 is 17.5 Å². The molecule has 2 aromatic carbocycles. The molecule has 1 aromatic heterocycles. The summed E-state index contributed by atoms with van der Waals surface area (Å²) in [6.07, 6.45) is 0. The van der Waals surface area contributed by atoms with Gasteiger partial charge in [0.25, 0.3) is 5.56 Å².